The van der Waals surface area contributed by atoms with Crippen LogP contribution >= 0.6 is 12.4 Å². The first-order chi connectivity index (χ1) is 9.36. The maximum atomic E-state index is 11.7. The van der Waals surface area contributed by atoms with Crippen LogP contribution in [0.15, 0.2) is 15.8 Å². The zero-order chi connectivity index (χ0) is 15.0. The van der Waals surface area contributed by atoms with Gasteiger partial charge in [-0.05, 0) is 0 Å². The highest BCUT2D eigenvalue weighted by Crippen LogP contribution is 2.27. The van der Waals surface area contributed by atoms with E-state index < -0.39 is 48.5 Å². The quantitative estimate of drug-likeness (QED) is 0.325. The highest BCUT2D eigenvalue weighted by atomic mass is 35.5. The molecule has 2 heterocycles. The monoisotopic (exact) mass is 325 g/mol. The molecule has 0 bridgehead atoms. The topological polar surface area (TPSA) is 171 Å². The number of hydrogen-bond donors (Lipinski definition) is 6. The minimum absolute atomic E-state index is 0. The molecular weight excluding hydrogens is 310 g/mol. The molecule has 1 saturated heterocycles. The number of aromatic amines is 1. The third-order valence-electron chi connectivity index (χ3n) is 3.14. The van der Waals surface area contributed by atoms with E-state index in [1.165, 1.54) is 0 Å². The zero-order valence-corrected chi connectivity index (χ0v) is 11.4. The maximum Gasteiger partial charge on any atom is 0.330 e. The summed E-state index contributed by atoms with van der Waals surface area (Å²) in [7, 11) is 0. The number of aliphatic hydroxyl groups excluding tert-OH is 4. The van der Waals surface area contributed by atoms with Crippen molar-refractivity contribution in [1.82, 2.24) is 9.55 Å². The average Bonchev–Trinajstić information content (AvgIpc) is 2.41. The van der Waals surface area contributed by atoms with E-state index >= 15 is 0 Å². The summed E-state index contributed by atoms with van der Waals surface area (Å²) in [5.74, 6) is 0. The Kier molecular flexibility index (Phi) is 5.50. The highest BCUT2D eigenvalue weighted by molar-refractivity contribution is 5.85. The van der Waals surface area contributed by atoms with E-state index in [1.807, 2.05) is 4.98 Å². The third-order valence-corrected chi connectivity index (χ3v) is 3.14. The Balaban J connectivity index is 0.00000220. The van der Waals surface area contributed by atoms with Gasteiger partial charge in [0.05, 0.1) is 6.61 Å². The average molecular weight is 326 g/mol. The first-order valence-corrected chi connectivity index (χ1v) is 5.78. The number of hydrogen-bond acceptors (Lipinski definition) is 8. The van der Waals surface area contributed by atoms with E-state index in [0.29, 0.717) is 0 Å². The van der Waals surface area contributed by atoms with Crippen molar-refractivity contribution >= 4 is 18.1 Å². The number of rotatable bonds is 2. The fraction of sp³-hybridized carbons (Fsp3) is 0.600. The number of nitrogens with two attached hydrogens (primary N) is 1. The minimum atomic E-state index is -1.64. The third kappa shape index (κ3) is 3.10. The summed E-state index contributed by atoms with van der Waals surface area (Å²) in [6.45, 7) is -0.630. The van der Waals surface area contributed by atoms with Gasteiger partial charge in [0.25, 0.3) is 5.56 Å². The van der Waals surface area contributed by atoms with Gasteiger partial charge in [0.1, 0.15) is 30.1 Å². The van der Waals surface area contributed by atoms with Crippen molar-refractivity contribution in [1.29, 1.82) is 0 Å². The molecule has 120 valence electrons. The smallest absolute Gasteiger partial charge is 0.330 e. The van der Waals surface area contributed by atoms with Gasteiger partial charge in [0, 0.05) is 6.20 Å². The molecule has 10 nitrogen and oxygen atoms in total. The molecule has 21 heavy (non-hydrogen) atoms. The first kappa shape index (κ1) is 17.6. The van der Waals surface area contributed by atoms with E-state index in [9.17, 15) is 24.9 Å². The normalized spacial score (nSPS) is 32.5. The van der Waals surface area contributed by atoms with Gasteiger partial charge in [-0.1, -0.05) is 0 Å². The lowest BCUT2D eigenvalue weighted by Gasteiger charge is -2.40. The number of nitrogens with zero attached hydrogens (tertiary/aromatic N) is 1. The molecule has 5 atom stereocenters. The van der Waals surface area contributed by atoms with Gasteiger partial charge >= 0.3 is 5.69 Å². The Bertz CT molecular complexity index is 601. The van der Waals surface area contributed by atoms with Crippen LogP contribution in [0.2, 0.25) is 0 Å². The standard InChI is InChI=1S/C10H15N3O7.ClH/c11-3-1-13(10(19)12-8(3)18)9-7(17)6(16)5(15)4(2-14)20-9;/h1,4-7,9,14-17H,2,11H2,(H,12,18,19);1H. The largest absolute Gasteiger partial charge is 0.394 e. The van der Waals surface area contributed by atoms with Gasteiger partial charge in [-0.2, -0.15) is 0 Å². The van der Waals surface area contributed by atoms with Gasteiger partial charge in [0.2, 0.25) is 0 Å². The number of nitrogens with one attached hydrogen (secondary N) is 1. The van der Waals surface area contributed by atoms with E-state index in [-0.39, 0.29) is 18.1 Å². The van der Waals surface area contributed by atoms with Gasteiger partial charge in [-0.15, -0.1) is 12.4 Å². The Morgan fingerprint density at radius 3 is 2.43 bits per heavy atom. The van der Waals surface area contributed by atoms with Crippen molar-refractivity contribution < 1.29 is 25.2 Å². The Hall–Kier alpha value is -1.43. The molecule has 1 aliphatic heterocycles. The van der Waals surface area contributed by atoms with Gasteiger partial charge in [-0.25, -0.2) is 4.79 Å². The first-order valence-electron chi connectivity index (χ1n) is 5.78. The molecule has 1 fully saturated rings. The van der Waals surface area contributed by atoms with Crippen molar-refractivity contribution in [2.45, 2.75) is 30.6 Å². The summed E-state index contributed by atoms with van der Waals surface area (Å²) in [6.07, 6.45) is -6.44. The Morgan fingerprint density at radius 2 is 1.86 bits per heavy atom. The second-order valence-corrected chi connectivity index (χ2v) is 4.47. The van der Waals surface area contributed by atoms with Gasteiger partial charge < -0.3 is 30.9 Å². The summed E-state index contributed by atoms with van der Waals surface area (Å²) < 4.78 is 5.94. The number of halogens is 1. The molecule has 1 aliphatic rings. The molecule has 0 aliphatic carbocycles. The predicted octanol–water partition coefficient (Wildman–Crippen LogP) is -3.49. The van der Waals surface area contributed by atoms with Crippen LogP contribution in [-0.2, 0) is 4.74 Å². The van der Waals surface area contributed by atoms with Crippen LogP contribution < -0.4 is 17.0 Å². The molecule has 5 unspecified atom stereocenters. The molecule has 1 aromatic heterocycles. The van der Waals surface area contributed by atoms with Crippen LogP contribution in [0.3, 0.4) is 0 Å². The molecular formula is C10H16ClN3O7. The minimum Gasteiger partial charge on any atom is -0.394 e. The van der Waals surface area contributed by atoms with Gasteiger partial charge in [0.15, 0.2) is 6.23 Å². The van der Waals surface area contributed by atoms with E-state index in [1.54, 1.807) is 0 Å². The Labute approximate surface area is 123 Å². The number of nitrogen functional groups attached to an aromatic ring is 1. The van der Waals surface area contributed by atoms with Crippen molar-refractivity contribution in [3.8, 4) is 0 Å². The van der Waals surface area contributed by atoms with Crippen LogP contribution in [0.4, 0.5) is 5.69 Å². The molecule has 0 radical (unpaired) electrons. The molecule has 0 saturated carbocycles. The van der Waals surface area contributed by atoms with Crippen molar-refractivity contribution in [3.05, 3.63) is 27.0 Å². The SMILES string of the molecule is Cl.Nc1cn(C2OC(CO)C(O)C(O)C2O)c(=O)[nH]c1=O. The summed E-state index contributed by atoms with van der Waals surface area (Å²) in [6, 6.07) is 0. The second-order valence-electron chi connectivity index (χ2n) is 4.47. The number of aliphatic hydroxyl groups is 4. The van der Waals surface area contributed by atoms with Crippen molar-refractivity contribution in [2.24, 2.45) is 0 Å². The van der Waals surface area contributed by atoms with Crippen molar-refractivity contribution in [3.63, 3.8) is 0 Å². The summed E-state index contributed by atoms with van der Waals surface area (Å²) in [5.41, 5.74) is 3.37. The molecule has 2 rings (SSSR count). The molecule has 1 aromatic rings. The second kappa shape index (κ2) is 6.56. The highest BCUT2D eigenvalue weighted by Gasteiger charge is 2.44. The maximum absolute atomic E-state index is 11.7. The molecule has 7 N–H and O–H groups in total. The molecule has 11 heteroatoms. The van der Waals surface area contributed by atoms with Crippen LogP contribution in [0.25, 0.3) is 0 Å². The lowest BCUT2D eigenvalue weighted by atomic mass is 9.98. The molecule has 0 spiro atoms. The predicted molar refractivity (Wildman–Crippen MR) is 72.0 cm³/mol. The van der Waals surface area contributed by atoms with Crippen LogP contribution in [0, 0.1) is 0 Å². The zero-order valence-electron chi connectivity index (χ0n) is 10.6. The van der Waals surface area contributed by atoms with E-state index in [4.69, 9.17) is 15.6 Å². The van der Waals surface area contributed by atoms with Crippen LogP contribution in [0.1, 0.15) is 6.23 Å². The summed E-state index contributed by atoms with van der Waals surface area (Å²) >= 11 is 0. The Morgan fingerprint density at radius 1 is 1.24 bits per heavy atom. The van der Waals surface area contributed by atoms with Gasteiger partial charge in [-0.3, -0.25) is 14.3 Å². The number of ether oxygens (including phenoxy) is 1. The lowest BCUT2D eigenvalue weighted by molar-refractivity contribution is -0.252. The fourth-order valence-corrected chi connectivity index (χ4v) is 2.00. The summed E-state index contributed by atoms with van der Waals surface area (Å²) in [4.78, 5) is 24.8. The van der Waals surface area contributed by atoms with Crippen LogP contribution in [-0.4, -0.2) is 61.0 Å². The number of aromatic nitrogens is 2. The van der Waals surface area contributed by atoms with E-state index in [2.05, 4.69) is 0 Å². The molecule has 0 amide bonds. The van der Waals surface area contributed by atoms with Crippen LogP contribution in [0.5, 0.6) is 0 Å². The fourth-order valence-electron chi connectivity index (χ4n) is 2.00. The summed E-state index contributed by atoms with van der Waals surface area (Å²) in [5, 5.41) is 38.2. The number of anilines is 1. The van der Waals surface area contributed by atoms with Crippen molar-refractivity contribution in [2.75, 3.05) is 12.3 Å². The lowest BCUT2D eigenvalue weighted by Crippen LogP contribution is -2.57. The van der Waals surface area contributed by atoms with E-state index in [0.717, 1.165) is 10.8 Å². The molecule has 0 aromatic carbocycles. The number of H-pyrrole nitrogens is 1.